The van der Waals surface area contributed by atoms with Crippen LogP contribution in [0.2, 0.25) is 0 Å². The molecule has 1 N–H and O–H groups in total. The normalized spacial score (nSPS) is 12.6. The zero-order valence-electron chi connectivity index (χ0n) is 10.2. The first kappa shape index (κ1) is 12.4. The zero-order chi connectivity index (χ0) is 12.3. The highest BCUT2D eigenvalue weighted by Gasteiger charge is 2.05. The van der Waals surface area contributed by atoms with Crippen LogP contribution in [0.3, 0.4) is 0 Å². The van der Waals surface area contributed by atoms with Crippen molar-refractivity contribution in [2.45, 2.75) is 19.5 Å². The Morgan fingerprint density at radius 2 is 2.18 bits per heavy atom. The number of benzene rings is 1. The number of nitrogens with zero attached hydrogens (tertiary/aromatic N) is 1. The van der Waals surface area contributed by atoms with Gasteiger partial charge >= 0.3 is 0 Å². The summed E-state index contributed by atoms with van der Waals surface area (Å²) in [5, 5.41) is 3.52. The van der Waals surface area contributed by atoms with E-state index < -0.39 is 0 Å². The van der Waals surface area contributed by atoms with Crippen LogP contribution >= 0.6 is 15.9 Å². The Hall–Kier alpha value is -1.06. The van der Waals surface area contributed by atoms with Crippen LogP contribution in [0.1, 0.15) is 24.1 Å². The minimum atomic E-state index is 0.354. The fourth-order valence-electron chi connectivity index (χ4n) is 1.83. The van der Waals surface area contributed by atoms with Crippen molar-refractivity contribution in [3.8, 4) is 0 Å². The summed E-state index contributed by atoms with van der Waals surface area (Å²) in [4.78, 5) is 0. The second kappa shape index (κ2) is 5.52. The van der Waals surface area contributed by atoms with Crippen molar-refractivity contribution in [2.24, 2.45) is 7.05 Å². The Morgan fingerprint density at radius 1 is 1.35 bits per heavy atom. The third-order valence-electron chi connectivity index (χ3n) is 2.85. The minimum absolute atomic E-state index is 0.354. The summed E-state index contributed by atoms with van der Waals surface area (Å²) in [5.41, 5.74) is 2.62. The van der Waals surface area contributed by atoms with Crippen molar-refractivity contribution in [1.82, 2.24) is 9.88 Å². The predicted molar refractivity (Wildman–Crippen MR) is 74.8 cm³/mol. The monoisotopic (exact) mass is 292 g/mol. The van der Waals surface area contributed by atoms with Gasteiger partial charge in [0, 0.05) is 36.5 Å². The Balaban J connectivity index is 1.95. The third kappa shape index (κ3) is 3.45. The Bertz CT molecular complexity index is 490. The molecule has 17 heavy (non-hydrogen) atoms. The van der Waals surface area contributed by atoms with Gasteiger partial charge in [-0.05, 0) is 36.2 Å². The summed E-state index contributed by atoms with van der Waals surface area (Å²) >= 11 is 3.50. The maximum absolute atomic E-state index is 3.52. The standard InChI is InChI=1S/C14H17BrN2/c1-11(13-4-3-5-14(15)8-13)16-9-12-6-7-17(2)10-12/h3-8,10-11,16H,9H2,1-2H3/t11-/m1/s1. The Kier molecular flexibility index (Phi) is 4.02. The molecule has 1 aromatic heterocycles. The molecule has 0 saturated heterocycles. The molecular weight excluding hydrogens is 276 g/mol. The second-order valence-corrected chi connectivity index (χ2v) is 5.26. The zero-order valence-corrected chi connectivity index (χ0v) is 11.7. The first-order valence-electron chi connectivity index (χ1n) is 5.75. The molecule has 0 bridgehead atoms. The van der Waals surface area contributed by atoms with E-state index >= 15 is 0 Å². The van der Waals surface area contributed by atoms with Crippen LogP contribution < -0.4 is 5.32 Å². The van der Waals surface area contributed by atoms with E-state index in [2.05, 4.69) is 69.4 Å². The van der Waals surface area contributed by atoms with Gasteiger partial charge in [0.05, 0.1) is 0 Å². The number of halogens is 1. The summed E-state index contributed by atoms with van der Waals surface area (Å²) in [7, 11) is 2.04. The average molecular weight is 293 g/mol. The molecule has 0 aliphatic heterocycles. The van der Waals surface area contributed by atoms with E-state index in [-0.39, 0.29) is 0 Å². The quantitative estimate of drug-likeness (QED) is 0.910. The maximum atomic E-state index is 3.52. The second-order valence-electron chi connectivity index (χ2n) is 4.34. The van der Waals surface area contributed by atoms with E-state index in [0.29, 0.717) is 6.04 Å². The highest BCUT2D eigenvalue weighted by molar-refractivity contribution is 9.10. The number of hydrogen-bond donors (Lipinski definition) is 1. The van der Waals surface area contributed by atoms with Gasteiger partial charge in [0.1, 0.15) is 0 Å². The van der Waals surface area contributed by atoms with E-state index in [9.17, 15) is 0 Å². The van der Waals surface area contributed by atoms with Crippen LogP contribution in [0.15, 0.2) is 47.2 Å². The lowest BCUT2D eigenvalue weighted by molar-refractivity contribution is 0.574. The topological polar surface area (TPSA) is 17.0 Å². The van der Waals surface area contributed by atoms with Crippen molar-refractivity contribution in [2.75, 3.05) is 0 Å². The highest BCUT2D eigenvalue weighted by atomic mass is 79.9. The number of aryl methyl sites for hydroxylation is 1. The summed E-state index contributed by atoms with van der Waals surface area (Å²) in [6.07, 6.45) is 4.21. The summed E-state index contributed by atoms with van der Waals surface area (Å²) in [5.74, 6) is 0. The molecule has 2 rings (SSSR count). The van der Waals surface area contributed by atoms with E-state index in [1.54, 1.807) is 0 Å². The van der Waals surface area contributed by atoms with E-state index in [0.717, 1.165) is 11.0 Å². The van der Waals surface area contributed by atoms with Crippen LogP contribution in [0.25, 0.3) is 0 Å². The van der Waals surface area contributed by atoms with Crippen LogP contribution in [0, 0.1) is 0 Å². The first-order valence-corrected chi connectivity index (χ1v) is 6.54. The molecule has 0 amide bonds. The van der Waals surface area contributed by atoms with E-state index in [1.165, 1.54) is 11.1 Å². The fraction of sp³-hybridized carbons (Fsp3) is 0.286. The highest BCUT2D eigenvalue weighted by Crippen LogP contribution is 2.18. The smallest absolute Gasteiger partial charge is 0.0295 e. The maximum Gasteiger partial charge on any atom is 0.0295 e. The predicted octanol–water partition coefficient (Wildman–Crippen LogP) is 3.64. The summed E-state index contributed by atoms with van der Waals surface area (Å²) in [6, 6.07) is 10.9. The van der Waals surface area contributed by atoms with Crippen LogP contribution in [-0.2, 0) is 13.6 Å². The molecule has 2 aromatic rings. The van der Waals surface area contributed by atoms with Gasteiger partial charge in [-0.1, -0.05) is 28.1 Å². The molecule has 90 valence electrons. The van der Waals surface area contributed by atoms with Crippen molar-refractivity contribution in [1.29, 1.82) is 0 Å². The Labute approximate surface area is 111 Å². The largest absolute Gasteiger partial charge is 0.357 e. The van der Waals surface area contributed by atoms with Crippen LogP contribution in [-0.4, -0.2) is 4.57 Å². The number of rotatable bonds is 4. The van der Waals surface area contributed by atoms with Gasteiger partial charge in [-0.3, -0.25) is 0 Å². The summed E-state index contributed by atoms with van der Waals surface area (Å²) in [6.45, 7) is 3.08. The van der Waals surface area contributed by atoms with Crippen LogP contribution in [0.5, 0.6) is 0 Å². The van der Waals surface area contributed by atoms with Gasteiger partial charge in [-0.25, -0.2) is 0 Å². The Morgan fingerprint density at radius 3 is 2.82 bits per heavy atom. The molecule has 0 aliphatic carbocycles. The van der Waals surface area contributed by atoms with Crippen LogP contribution in [0.4, 0.5) is 0 Å². The molecule has 1 atom stereocenters. The van der Waals surface area contributed by atoms with Gasteiger partial charge in [-0.2, -0.15) is 0 Å². The van der Waals surface area contributed by atoms with Crippen molar-refractivity contribution < 1.29 is 0 Å². The first-order chi connectivity index (χ1) is 8.15. The van der Waals surface area contributed by atoms with Gasteiger partial charge in [0.2, 0.25) is 0 Å². The van der Waals surface area contributed by atoms with Gasteiger partial charge in [0.25, 0.3) is 0 Å². The average Bonchev–Trinajstić information content (AvgIpc) is 2.72. The molecule has 3 heteroatoms. The number of aromatic nitrogens is 1. The fourth-order valence-corrected chi connectivity index (χ4v) is 2.25. The van der Waals surface area contributed by atoms with Crippen molar-refractivity contribution in [3.63, 3.8) is 0 Å². The van der Waals surface area contributed by atoms with Gasteiger partial charge in [0.15, 0.2) is 0 Å². The van der Waals surface area contributed by atoms with Crippen molar-refractivity contribution in [3.05, 3.63) is 58.3 Å². The number of nitrogens with one attached hydrogen (secondary N) is 1. The lowest BCUT2D eigenvalue weighted by atomic mass is 10.1. The lowest BCUT2D eigenvalue weighted by Crippen LogP contribution is -2.17. The molecule has 0 spiro atoms. The molecule has 0 aliphatic rings. The SMILES string of the molecule is C[C@@H](NCc1ccn(C)c1)c1cccc(Br)c1. The molecule has 0 fully saturated rings. The molecule has 0 saturated carbocycles. The lowest BCUT2D eigenvalue weighted by Gasteiger charge is -2.14. The number of hydrogen-bond acceptors (Lipinski definition) is 1. The van der Waals surface area contributed by atoms with E-state index in [1.807, 2.05) is 13.1 Å². The summed E-state index contributed by atoms with van der Waals surface area (Å²) < 4.78 is 3.20. The van der Waals surface area contributed by atoms with Gasteiger partial charge < -0.3 is 9.88 Å². The van der Waals surface area contributed by atoms with Crippen molar-refractivity contribution >= 4 is 15.9 Å². The van der Waals surface area contributed by atoms with Gasteiger partial charge in [-0.15, -0.1) is 0 Å². The molecule has 2 nitrogen and oxygen atoms in total. The minimum Gasteiger partial charge on any atom is -0.357 e. The molecule has 0 radical (unpaired) electrons. The molecule has 1 heterocycles. The molecule has 1 aromatic carbocycles. The third-order valence-corrected chi connectivity index (χ3v) is 3.35. The molecular formula is C14H17BrN2. The molecule has 0 unspecified atom stereocenters. The van der Waals surface area contributed by atoms with E-state index in [4.69, 9.17) is 0 Å².